The molecule has 86 valence electrons. The summed E-state index contributed by atoms with van der Waals surface area (Å²) >= 11 is 0. The van der Waals surface area contributed by atoms with Crippen molar-refractivity contribution >= 4 is 5.91 Å². The lowest BCUT2D eigenvalue weighted by molar-refractivity contribution is -0.130. The first-order valence-corrected chi connectivity index (χ1v) is 6.08. The fourth-order valence-corrected chi connectivity index (χ4v) is 2.15. The third kappa shape index (κ3) is 3.20. The summed E-state index contributed by atoms with van der Waals surface area (Å²) < 4.78 is 0. The predicted octanol–water partition coefficient (Wildman–Crippen LogP) is 1.39. The van der Waals surface area contributed by atoms with Gasteiger partial charge in [-0.1, -0.05) is 13.8 Å². The number of amides is 1. The van der Waals surface area contributed by atoms with Gasteiger partial charge >= 0.3 is 0 Å². The summed E-state index contributed by atoms with van der Waals surface area (Å²) in [7, 11) is 0. The van der Waals surface area contributed by atoms with Crippen molar-refractivity contribution in [3.8, 4) is 0 Å². The molecule has 1 saturated carbocycles. The van der Waals surface area contributed by atoms with E-state index in [2.05, 4.69) is 19.2 Å². The molecule has 2 fully saturated rings. The summed E-state index contributed by atoms with van der Waals surface area (Å²) in [6.07, 6.45) is 4.41. The van der Waals surface area contributed by atoms with Crippen LogP contribution in [0.15, 0.2) is 0 Å². The molecule has 1 heterocycles. The van der Waals surface area contributed by atoms with Gasteiger partial charge in [-0.3, -0.25) is 4.79 Å². The molecule has 0 radical (unpaired) electrons. The van der Waals surface area contributed by atoms with Crippen LogP contribution in [0.3, 0.4) is 0 Å². The number of hydrogen-bond acceptors (Lipinski definition) is 2. The van der Waals surface area contributed by atoms with E-state index in [0.29, 0.717) is 23.8 Å². The highest BCUT2D eigenvalue weighted by Crippen LogP contribution is 2.29. The van der Waals surface area contributed by atoms with Crippen LogP contribution in [0.1, 0.15) is 39.5 Å². The van der Waals surface area contributed by atoms with E-state index in [9.17, 15) is 4.79 Å². The van der Waals surface area contributed by atoms with E-state index >= 15 is 0 Å². The number of likely N-dealkylation sites (tertiary alicyclic amines) is 1. The van der Waals surface area contributed by atoms with E-state index in [1.54, 1.807) is 0 Å². The van der Waals surface area contributed by atoms with E-state index in [1.165, 1.54) is 12.8 Å². The maximum absolute atomic E-state index is 11.8. The minimum Gasteiger partial charge on any atom is -0.342 e. The van der Waals surface area contributed by atoms with Gasteiger partial charge in [0.1, 0.15) is 0 Å². The topological polar surface area (TPSA) is 32.3 Å². The second-order valence-corrected chi connectivity index (χ2v) is 5.71. The molecule has 0 atom stereocenters. The Kier molecular flexibility index (Phi) is 3.01. The molecule has 0 aromatic rings. The Bertz CT molecular complexity index is 246. The molecule has 1 aliphatic carbocycles. The predicted molar refractivity (Wildman–Crippen MR) is 60.6 cm³/mol. The molecule has 1 saturated heterocycles. The molecular weight excluding hydrogens is 188 g/mol. The average molecular weight is 210 g/mol. The highest BCUT2D eigenvalue weighted by Gasteiger charge is 2.31. The molecule has 1 N–H and O–H groups in total. The monoisotopic (exact) mass is 210 g/mol. The van der Waals surface area contributed by atoms with E-state index in [4.69, 9.17) is 0 Å². The zero-order valence-electron chi connectivity index (χ0n) is 9.88. The van der Waals surface area contributed by atoms with Gasteiger partial charge in [0.15, 0.2) is 0 Å². The molecular formula is C12H22N2O. The Labute approximate surface area is 92.2 Å². The van der Waals surface area contributed by atoms with Crippen molar-refractivity contribution in [3.05, 3.63) is 0 Å². The average Bonchev–Trinajstić information content (AvgIpc) is 2.90. The lowest BCUT2D eigenvalue weighted by Crippen LogP contribution is -2.32. The lowest BCUT2D eigenvalue weighted by Gasteiger charge is -2.19. The van der Waals surface area contributed by atoms with Crippen LogP contribution < -0.4 is 5.32 Å². The van der Waals surface area contributed by atoms with Crippen LogP contribution in [0.25, 0.3) is 0 Å². The van der Waals surface area contributed by atoms with Gasteiger partial charge in [-0.05, 0) is 24.7 Å². The summed E-state index contributed by atoms with van der Waals surface area (Å²) in [5.74, 6) is 0.328. The Balaban J connectivity index is 1.66. The van der Waals surface area contributed by atoms with Gasteiger partial charge in [0, 0.05) is 32.1 Å². The minimum absolute atomic E-state index is 0.328. The van der Waals surface area contributed by atoms with Crippen LogP contribution >= 0.6 is 0 Å². The quantitative estimate of drug-likeness (QED) is 0.760. The van der Waals surface area contributed by atoms with Crippen molar-refractivity contribution in [1.29, 1.82) is 0 Å². The third-order valence-corrected chi connectivity index (χ3v) is 3.38. The second kappa shape index (κ2) is 4.12. The van der Waals surface area contributed by atoms with Crippen molar-refractivity contribution in [3.63, 3.8) is 0 Å². The van der Waals surface area contributed by atoms with E-state index in [0.717, 1.165) is 26.1 Å². The minimum atomic E-state index is 0.328. The Morgan fingerprint density at radius 3 is 2.73 bits per heavy atom. The molecule has 0 aromatic carbocycles. The van der Waals surface area contributed by atoms with Gasteiger partial charge in [-0.25, -0.2) is 0 Å². The van der Waals surface area contributed by atoms with Crippen molar-refractivity contribution in [1.82, 2.24) is 10.2 Å². The second-order valence-electron chi connectivity index (χ2n) is 5.71. The highest BCUT2D eigenvalue weighted by atomic mass is 16.2. The Hall–Kier alpha value is -0.570. The number of hydrogen-bond donors (Lipinski definition) is 1. The van der Waals surface area contributed by atoms with Gasteiger partial charge < -0.3 is 10.2 Å². The number of nitrogens with one attached hydrogen (secondary N) is 1. The van der Waals surface area contributed by atoms with Crippen LogP contribution in [0.4, 0.5) is 0 Å². The zero-order chi connectivity index (χ0) is 10.9. The molecule has 3 nitrogen and oxygen atoms in total. The van der Waals surface area contributed by atoms with Gasteiger partial charge in [-0.15, -0.1) is 0 Å². The molecule has 1 aliphatic heterocycles. The maximum atomic E-state index is 11.8. The molecule has 2 rings (SSSR count). The summed E-state index contributed by atoms with van der Waals surface area (Å²) in [6.45, 7) is 7.23. The number of carbonyl (C=O) groups is 1. The molecule has 1 amide bonds. The highest BCUT2D eigenvalue weighted by molar-refractivity contribution is 5.76. The number of carbonyl (C=O) groups excluding carboxylic acids is 1. The number of nitrogens with zero attached hydrogens (tertiary/aromatic N) is 1. The van der Waals surface area contributed by atoms with Crippen molar-refractivity contribution < 1.29 is 4.79 Å². The molecule has 2 aliphatic rings. The summed E-state index contributed by atoms with van der Waals surface area (Å²) in [4.78, 5) is 13.8. The fourth-order valence-electron chi connectivity index (χ4n) is 2.15. The van der Waals surface area contributed by atoms with Crippen LogP contribution in [0.5, 0.6) is 0 Å². The first-order valence-electron chi connectivity index (χ1n) is 6.08. The van der Waals surface area contributed by atoms with Gasteiger partial charge in [0.25, 0.3) is 0 Å². The molecule has 0 aromatic heterocycles. The van der Waals surface area contributed by atoms with Crippen LogP contribution in [-0.4, -0.2) is 36.5 Å². The van der Waals surface area contributed by atoms with Gasteiger partial charge in [0.2, 0.25) is 5.91 Å². The van der Waals surface area contributed by atoms with E-state index < -0.39 is 0 Å². The molecule has 0 unspecified atom stereocenters. The normalized spacial score (nSPS) is 24.5. The van der Waals surface area contributed by atoms with Crippen LogP contribution in [0, 0.1) is 5.41 Å². The van der Waals surface area contributed by atoms with Gasteiger partial charge in [0.05, 0.1) is 0 Å². The summed E-state index contributed by atoms with van der Waals surface area (Å²) in [6, 6.07) is 0.716. The van der Waals surface area contributed by atoms with Gasteiger partial charge in [-0.2, -0.15) is 0 Å². The van der Waals surface area contributed by atoms with E-state index in [-0.39, 0.29) is 0 Å². The van der Waals surface area contributed by atoms with Crippen LogP contribution in [0.2, 0.25) is 0 Å². The fraction of sp³-hybridized carbons (Fsp3) is 0.917. The smallest absolute Gasteiger partial charge is 0.223 e. The largest absolute Gasteiger partial charge is 0.342 e. The maximum Gasteiger partial charge on any atom is 0.223 e. The van der Waals surface area contributed by atoms with E-state index in [1.807, 2.05) is 4.90 Å². The molecule has 0 bridgehead atoms. The first-order chi connectivity index (χ1) is 7.07. The molecule has 0 spiro atoms. The van der Waals surface area contributed by atoms with Crippen molar-refractivity contribution in [2.45, 2.75) is 45.6 Å². The van der Waals surface area contributed by atoms with Crippen LogP contribution in [-0.2, 0) is 4.79 Å². The Morgan fingerprint density at radius 2 is 2.20 bits per heavy atom. The summed E-state index contributed by atoms with van der Waals surface area (Å²) in [5.41, 5.74) is 0.333. The molecule has 15 heavy (non-hydrogen) atoms. The Morgan fingerprint density at radius 1 is 1.47 bits per heavy atom. The SMILES string of the molecule is CC1(C)CCN(C(=O)CCNC2CC2)C1. The number of rotatable bonds is 4. The third-order valence-electron chi connectivity index (χ3n) is 3.38. The zero-order valence-corrected chi connectivity index (χ0v) is 9.88. The molecule has 3 heteroatoms. The van der Waals surface area contributed by atoms with Crippen molar-refractivity contribution in [2.24, 2.45) is 5.41 Å². The van der Waals surface area contributed by atoms with Crippen molar-refractivity contribution in [2.75, 3.05) is 19.6 Å². The standard InChI is InChI=1S/C12H22N2O/c1-12(2)6-8-14(9-12)11(15)5-7-13-10-3-4-10/h10,13H,3-9H2,1-2H3. The first kappa shape index (κ1) is 10.9. The lowest BCUT2D eigenvalue weighted by atomic mass is 9.93. The summed E-state index contributed by atoms with van der Waals surface area (Å²) in [5, 5.41) is 3.38.